The Hall–Kier alpha value is -2.63. The van der Waals surface area contributed by atoms with Gasteiger partial charge in [-0.15, -0.1) is 0 Å². The lowest BCUT2D eigenvalue weighted by atomic mass is 9.84. The van der Waals surface area contributed by atoms with E-state index in [1.165, 1.54) is 7.11 Å². The van der Waals surface area contributed by atoms with Crippen molar-refractivity contribution in [2.75, 3.05) is 7.11 Å². The molecular weight excluding hydrogens is 272 g/mol. The lowest BCUT2D eigenvalue weighted by molar-refractivity contribution is -0.431. The summed E-state index contributed by atoms with van der Waals surface area (Å²) in [7, 11) is 1.27. The number of dihydropyridines is 1. The lowest BCUT2D eigenvalue weighted by Gasteiger charge is -2.26. The number of benzene rings is 1. The second-order valence-electron chi connectivity index (χ2n) is 4.77. The molecule has 0 aliphatic carbocycles. The van der Waals surface area contributed by atoms with Crippen molar-refractivity contribution >= 4 is 5.97 Å². The Morgan fingerprint density at radius 1 is 1.24 bits per heavy atom. The van der Waals surface area contributed by atoms with E-state index >= 15 is 0 Å². The molecule has 6 nitrogen and oxygen atoms in total. The molecule has 0 unspecified atom stereocenters. The lowest BCUT2D eigenvalue weighted by Crippen LogP contribution is -2.31. The van der Waals surface area contributed by atoms with Crippen LogP contribution in [0.25, 0.3) is 0 Å². The number of esters is 1. The molecule has 0 spiro atoms. The van der Waals surface area contributed by atoms with Crippen molar-refractivity contribution in [1.29, 1.82) is 0 Å². The van der Waals surface area contributed by atoms with E-state index in [2.05, 4.69) is 5.32 Å². The van der Waals surface area contributed by atoms with Gasteiger partial charge in [0, 0.05) is 5.70 Å². The van der Waals surface area contributed by atoms with E-state index in [0.717, 1.165) is 0 Å². The topological polar surface area (TPSA) is 81.5 Å². The Labute approximate surface area is 122 Å². The molecule has 1 aliphatic rings. The largest absolute Gasteiger partial charge is 0.466 e. The Balaban J connectivity index is 2.66. The summed E-state index contributed by atoms with van der Waals surface area (Å²) in [4.78, 5) is 23.1. The van der Waals surface area contributed by atoms with Gasteiger partial charge in [-0.25, -0.2) is 4.79 Å². The third-order valence-electron chi connectivity index (χ3n) is 3.46. The van der Waals surface area contributed by atoms with Crippen LogP contribution in [0.1, 0.15) is 25.3 Å². The van der Waals surface area contributed by atoms with Crippen molar-refractivity contribution in [1.82, 2.24) is 5.32 Å². The van der Waals surface area contributed by atoms with Crippen LogP contribution in [-0.4, -0.2) is 18.0 Å². The highest BCUT2D eigenvalue weighted by atomic mass is 16.6. The summed E-state index contributed by atoms with van der Waals surface area (Å²) in [5.74, 6) is -1.31. The maximum absolute atomic E-state index is 12.1. The van der Waals surface area contributed by atoms with Gasteiger partial charge in [0.05, 0.1) is 23.3 Å². The van der Waals surface area contributed by atoms with E-state index in [-0.39, 0.29) is 11.3 Å². The number of carbonyl (C=O) groups excluding carboxylic acids is 1. The zero-order valence-corrected chi connectivity index (χ0v) is 12.0. The molecule has 0 bridgehead atoms. The SMILES string of the molecule is COC(=O)C1=C(C)NC(C)=C([N+](=O)[O-])[C@@H]1c1ccccc1. The first kappa shape index (κ1) is 14.8. The second kappa shape index (κ2) is 5.78. The highest BCUT2D eigenvalue weighted by molar-refractivity contribution is 5.92. The van der Waals surface area contributed by atoms with Crippen molar-refractivity contribution < 1.29 is 14.5 Å². The van der Waals surface area contributed by atoms with Gasteiger partial charge < -0.3 is 10.1 Å². The summed E-state index contributed by atoms with van der Waals surface area (Å²) in [6, 6.07) is 8.93. The molecule has 21 heavy (non-hydrogen) atoms. The van der Waals surface area contributed by atoms with Crippen LogP contribution in [0.3, 0.4) is 0 Å². The van der Waals surface area contributed by atoms with Crippen LogP contribution >= 0.6 is 0 Å². The van der Waals surface area contributed by atoms with E-state index in [4.69, 9.17) is 4.74 Å². The number of nitro groups is 1. The van der Waals surface area contributed by atoms with Crippen molar-refractivity contribution in [2.24, 2.45) is 0 Å². The number of rotatable bonds is 3. The zero-order chi connectivity index (χ0) is 15.6. The fraction of sp³-hybridized carbons (Fsp3) is 0.267. The van der Waals surface area contributed by atoms with Crippen molar-refractivity contribution in [2.45, 2.75) is 19.8 Å². The number of ether oxygens (including phenoxy) is 1. The molecule has 1 aromatic rings. The first-order valence-electron chi connectivity index (χ1n) is 6.43. The molecule has 1 N–H and O–H groups in total. The van der Waals surface area contributed by atoms with Gasteiger partial charge in [-0.3, -0.25) is 10.1 Å². The molecule has 1 aromatic carbocycles. The molecule has 1 aliphatic heterocycles. The van der Waals surface area contributed by atoms with E-state index in [9.17, 15) is 14.9 Å². The average molecular weight is 288 g/mol. The van der Waals surface area contributed by atoms with Crippen LogP contribution in [-0.2, 0) is 9.53 Å². The molecular formula is C15H16N2O4. The summed E-state index contributed by atoms with van der Waals surface area (Å²) >= 11 is 0. The molecule has 0 fully saturated rings. The van der Waals surface area contributed by atoms with Crippen molar-refractivity contribution in [3.8, 4) is 0 Å². The molecule has 6 heteroatoms. The number of allylic oxidation sites excluding steroid dienone is 3. The van der Waals surface area contributed by atoms with Gasteiger partial charge in [0.25, 0.3) is 5.70 Å². The summed E-state index contributed by atoms with van der Waals surface area (Å²) < 4.78 is 4.79. The number of nitrogens with zero attached hydrogens (tertiary/aromatic N) is 1. The maximum Gasteiger partial charge on any atom is 0.336 e. The molecule has 1 heterocycles. The predicted octanol–water partition coefficient (Wildman–Crippen LogP) is 2.33. The van der Waals surface area contributed by atoms with Crippen molar-refractivity contribution in [3.63, 3.8) is 0 Å². The standard InChI is InChI=1S/C15H16N2O4/c1-9-12(15(18)21-3)13(11-7-5-4-6-8-11)14(17(19)20)10(2)16-9/h4-8,13,16H,1-3H3/t13-/m1/s1. The van der Waals surface area contributed by atoms with Gasteiger partial charge in [0.2, 0.25) is 0 Å². The summed E-state index contributed by atoms with van der Waals surface area (Å²) in [5.41, 5.74) is 1.91. The normalized spacial score (nSPS) is 18.3. The third-order valence-corrected chi connectivity index (χ3v) is 3.46. The van der Waals surface area contributed by atoms with Gasteiger partial charge in [-0.05, 0) is 19.4 Å². The molecule has 1 atom stereocenters. The molecule has 0 aromatic heterocycles. The zero-order valence-electron chi connectivity index (χ0n) is 12.0. The Morgan fingerprint density at radius 3 is 2.38 bits per heavy atom. The van der Waals surface area contributed by atoms with Gasteiger partial charge >= 0.3 is 5.97 Å². The van der Waals surface area contributed by atoms with Gasteiger partial charge in [-0.2, -0.15) is 0 Å². The molecule has 0 amide bonds. The minimum atomic E-state index is -0.741. The molecule has 0 radical (unpaired) electrons. The van der Waals surface area contributed by atoms with Crippen molar-refractivity contribution in [3.05, 3.63) is 68.7 Å². The number of hydrogen-bond donors (Lipinski definition) is 1. The summed E-state index contributed by atoms with van der Waals surface area (Å²) in [5, 5.41) is 14.3. The Kier molecular flexibility index (Phi) is 4.07. The van der Waals surface area contributed by atoms with Crippen LogP contribution in [0.5, 0.6) is 0 Å². The number of nitrogens with one attached hydrogen (secondary N) is 1. The highest BCUT2D eigenvalue weighted by Crippen LogP contribution is 2.38. The first-order chi connectivity index (χ1) is 9.97. The summed E-state index contributed by atoms with van der Waals surface area (Å²) in [6.45, 7) is 3.34. The molecule has 110 valence electrons. The van der Waals surface area contributed by atoms with Gasteiger partial charge in [0.1, 0.15) is 5.92 Å². The Bertz CT molecular complexity index is 647. The highest BCUT2D eigenvalue weighted by Gasteiger charge is 2.40. The minimum absolute atomic E-state index is 0.0350. The third kappa shape index (κ3) is 2.65. The van der Waals surface area contributed by atoms with Crippen LogP contribution in [0, 0.1) is 10.1 Å². The first-order valence-corrected chi connectivity index (χ1v) is 6.43. The van der Waals surface area contributed by atoms with Crippen LogP contribution in [0.15, 0.2) is 53.0 Å². The van der Waals surface area contributed by atoms with Crippen LogP contribution in [0.2, 0.25) is 0 Å². The monoisotopic (exact) mass is 288 g/mol. The minimum Gasteiger partial charge on any atom is -0.466 e. The van der Waals surface area contributed by atoms with Gasteiger partial charge in [-0.1, -0.05) is 30.3 Å². The average Bonchev–Trinajstić information content (AvgIpc) is 2.46. The quantitative estimate of drug-likeness (QED) is 0.524. The molecule has 0 saturated carbocycles. The van der Waals surface area contributed by atoms with E-state index in [1.54, 1.807) is 38.1 Å². The maximum atomic E-state index is 12.1. The molecule has 0 saturated heterocycles. The number of hydrogen-bond acceptors (Lipinski definition) is 5. The van der Waals surface area contributed by atoms with E-state index < -0.39 is 16.8 Å². The van der Waals surface area contributed by atoms with Gasteiger partial charge in [0.15, 0.2) is 0 Å². The van der Waals surface area contributed by atoms with E-state index in [0.29, 0.717) is 17.0 Å². The fourth-order valence-electron chi connectivity index (χ4n) is 2.58. The second-order valence-corrected chi connectivity index (χ2v) is 4.77. The van der Waals surface area contributed by atoms with Crippen LogP contribution in [0.4, 0.5) is 0 Å². The van der Waals surface area contributed by atoms with Crippen LogP contribution < -0.4 is 5.32 Å². The fourth-order valence-corrected chi connectivity index (χ4v) is 2.58. The molecule has 2 rings (SSSR count). The Morgan fingerprint density at radius 2 is 1.86 bits per heavy atom. The number of carbonyl (C=O) groups is 1. The smallest absolute Gasteiger partial charge is 0.336 e. The summed E-state index contributed by atoms with van der Waals surface area (Å²) in [6.07, 6.45) is 0. The predicted molar refractivity (Wildman–Crippen MR) is 76.7 cm³/mol. The number of methoxy groups -OCH3 is 1. The van der Waals surface area contributed by atoms with E-state index in [1.807, 2.05) is 6.07 Å².